The summed E-state index contributed by atoms with van der Waals surface area (Å²) in [6.45, 7) is 0. The fourth-order valence-electron chi connectivity index (χ4n) is 0.616. The smallest absolute Gasteiger partial charge is 0.304 e. The second kappa shape index (κ2) is 4.06. The highest BCUT2D eigenvalue weighted by molar-refractivity contribution is 5.12. The molecule has 0 fully saturated rings. The van der Waals surface area contributed by atoms with Gasteiger partial charge in [-0.1, -0.05) is 0 Å². The molecule has 1 atom stereocenters. The Morgan fingerprint density at radius 3 is 2.54 bits per heavy atom. The van der Waals surface area contributed by atoms with Crippen LogP contribution in [-0.4, -0.2) is 17.8 Å². The van der Waals surface area contributed by atoms with Crippen molar-refractivity contribution in [2.45, 2.75) is 12.8 Å². The summed E-state index contributed by atoms with van der Waals surface area (Å²) in [5, 5.41) is 0. The lowest BCUT2D eigenvalue weighted by molar-refractivity contribution is -0.0707. The molecule has 1 heterocycles. The van der Waals surface area contributed by atoms with Crippen LogP contribution in [0.4, 0.5) is 17.6 Å². The van der Waals surface area contributed by atoms with E-state index in [-0.39, 0.29) is 0 Å². The third-order valence-corrected chi connectivity index (χ3v) is 1.15. The maximum Gasteiger partial charge on any atom is 0.304 e. The lowest BCUT2D eigenvalue weighted by atomic mass is 10.5. The molecule has 72 valence electrons. The highest BCUT2D eigenvalue weighted by Crippen LogP contribution is 2.16. The van der Waals surface area contributed by atoms with E-state index in [1.807, 2.05) is 0 Å². The minimum absolute atomic E-state index is 0.768. The van der Waals surface area contributed by atoms with E-state index in [1.54, 1.807) is 0 Å². The number of ether oxygens (including phenoxy) is 1. The zero-order valence-electron chi connectivity index (χ0n) is 6.25. The zero-order chi connectivity index (χ0) is 9.84. The summed E-state index contributed by atoms with van der Waals surface area (Å²) in [6, 6.07) is 2.17. The fraction of sp³-hybridized carbons (Fsp3) is 0.286. The second-order valence-electron chi connectivity index (χ2n) is 2.09. The van der Waals surface area contributed by atoms with Crippen LogP contribution in [0.1, 0.15) is 0 Å². The van der Waals surface area contributed by atoms with Crippen molar-refractivity contribution in [3.63, 3.8) is 0 Å². The van der Waals surface area contributed by atoms with Crippen molar-refractivity contribution >= 4 is 0 Å². The van der Waals surface area contributed by atoms with Gasteiger partial charge in [0.15, 0.2) is 5.82 Å². The average Bonchev–Trinajstić information content (AvgIpc) is 2.08. The molecular weight excluding hydrogens is 190 g/mol. The van der Waals surface area contributed by atoms with Crippen LogP contribution < -0.4 is 4.74 Å². The van der Waals surface area contributed by atoms with Crippen LogP contribution in [0.2, 0.25) is 0 Å². The minimum Gasteiger partial charge on any atom is -0.435 e. The van der Waals surface area contributed by atoms with E-state index in [2.05, 4.69) is 9.72 Å². The Morgan fingerprint density at radius 2 is 2.00 bits per heavy atom. The molecule has 6 heteroatoms. The van der Waals surface area contributed by atoms with E-state index in [1.165, 1.54) is 6.07 Å². The number of halogens is 4. The van der Waals surface area contributed by atoms with Crippen LogP contribution in [0.25, 0.3) is 0 Å². The topological polar surface area (TPSA) is 22.1 Å². The van der Waals surface area contributed by atoms with Crippen molar-refractivity contribution in [3.05, 3.63) is 24.1 Å². The van der Waals surface area contributed by atoms with Crippen LogP contribution in [-0.2, 0) is 0 Å². The highest BCUT2D eigenvalue weighted by Gasteiger charge is 2.22. The van der Waals surface area contributed by atoms with E-state index in [0.717, 1.165) is 12.3 Å². The zero-order valence-corrected chi connectivity index (χ0v) is 6.25. The number of rotatable bonds is 3. The maximum atomic E-state index is 12.6. The molecular formula is C7H5F4NO. The van der Waals surface area contributed by atoms with Gasteiger partial charge < -0.3 is 4.74 Å². The minimum atomic E-state index is -3.32. The lowest BCUT2D eigenvalue weighted by Crippen LogP contribution is -2.20. The first-order valence-electron chi connectivity index (χ1n) is 3.30. The molecule has 0 saturated carbocycles. The molecule has 1 aromatic rings. The molecule has 0 saturated heterocycles. The molecule has 0 N–H and O–H groups in total. The van der Waals surface area contributed by atoms with Crippen molar-refractivity contribution in [1.29, 1.82) is 0 Å². The normalized spacial score (nSPS) is 13.0. The number of aromatic nitrogens is 1. The van der Waals surface area contributed by atoms with Gasteiger partial charge in [0.2, 0.25) is 0 Å². The van der Waals surface area contributed by atoms with Crippen molar-refractivity contribution < 1.29 is 22.3 Å². The first kappa shape index (κ1) is 9.76. The summed E-state index contributed by atoms with van der Waals surface area (Å²) in [5.41, 5.74) is 0. The Kier molecular flexibility index (Phi) is 3.05. The van der Waals surface area contributed by atoms with Gasteiger partial charge >= 0.3 is 6.43 Å². The summed E-state index contributed by atoms with van der Waals surface area (Å²) < 4.78 is 51.9. The Hall–Kier alpha value is -1.33. The Morgan fingerprint density at radius 1 is 1.31 bits per heavy atom. The van der Waals surface area contributed by atoms with Gasteiger partial charge in [0, 0.05) is 6.20 Å². The van der Waals surface area contributed by atoms with Crippen molar-refractivity contribution in [1.82, 2.24) is 4.98 Å². The maximum absolute atomic E-state index is 12.6. The predicted molar refractivity (Wildman–Crippen MR) is 35.7 cm³/mol. The molecule has 0 radical (unpaired) electrons. The van der Waals surface area contributed by atoms with E-state index < -0.39 is 24.5 Å². The summed E-state index contributed by atoms with van der Waals surface area (Å²) in [7, 11) is 0. The van der Waals surface area contributed by atoms with Gasteiger partial charge in [-0.15, -0.1) is 0 Å². The van der Waals surface area contributed by atoms with Gasteiger partial charge in [-0.3, -0.25) is 0 Å². The monoisotopic (exact) mass is 195 g/mol. The van der Waals surface area contributed by atoms with E-state index in [0.29, 0.717) is 0 Å². The number of alkyl halides is 3. The quantitative estimate of drug-likeness (QED) is 0.689. The Labute approximate surface area is 71.2 Å². The van der Waals surface area contributed by atoms with Crippen molar-refractivity contribution in [3.8, 4) is 5.88 Å². The van der Waals surface area contributed by atoms with Gasteiger partial charge in [-0.25, -0.2) is 18.2 Å². The van der Waals surface area contributed by atoms with Crippen LogP contribution in [0.15, 0.2) is 18.3 Å². The molecule has 1 rings (SSSR count). The van der Waals surface area contributed by atoms with E-state index in [9.17, 15) is 17.6 Å². The molecule has 0 aromatic carbocycles. The van der Waals surface area contributed by atoms with Crippen LogP contribution in [0.5, 0.6) is 5.88 Å². The third-order valence-electron chi connectivity index (χ3n) is 1.15. The van der Waals surface area contributed by atoms with Crippen molar-refractivity contribution in [2.75, 3.05) is 0 Å². The molecule has 0 aliphatic heterocycles. The molecule has 1 unspecified atom stereocenters. The van der Waals surface area contributed by atoms with E-state index >= 15 is 0 Å². The molecule has 2 nitrogen and oxygen atoms in total. The molecule has 0 spiro atoms. The summed E-state index contributed by atoms with van der Waals surface area (Å²) in [6.07, 6.45) is -5.07. The highest BCUT2D eigenvalue weighted by atomic mass is 19.3. The fourth-order valence-corrected chi connectivity index (χ4v) is 0.616. The first-order valence-corrected chi connectivity index (χ1v) is 3.30. The van der Waals surface area contributed by atoms with Gasteiger partial charge in [-0.05, 0) is 12.1 Å². The first-order chi connectivity index (χ1) is 6.11. The van der Waals surface area contributed by atoms with Crippen LogP contribution in [0, 0.1) is 5.82 Å². The van der Waals surface area contributed by atoms with Crippen molar-refractivity contribution in [2.24, 2.45) is 0 Å². The lowest BCUT2D eigenvalue weighted by Gasteiger charge is -2.08. The van der Waals surface area contributed by atoms with Crippen LogP contribution >= 0.6 is 0 Å². The predicted octanol–water partition coefficient (Wildman–Crippen LogP) is 2.16. The number of pyridine rings is 1. The second-order valence-corrected chi connectivity index (χ2v) is 2.09. The van der Waals surface area contributed by atoms with Gasteiger partial charge in [0.1, 0.15) is 0 Å². The third kappa shape index (κ3) is 2.57. The molecule has 1 aromatic heterocycles. The Bertz CT molecular complexity index is 281. The summed E-state index contributed by atoms with van der Waals surface area (Å²) >= 11 is 0. The molecule has 0 aliphatic rings. The van der Waals surface area contributed by atoms with E-state index in [4.69, 9.17) is 0 Å². The molecule has 0 bridgehead atoms. The Balaban J connectivity index is 2.69. The van der Waals surface area contributed by atoms with Gasteiger partial charge in [0.25, 0.3) is 12.2 Å². The van der Waals surface area contributed by atoms with Gasteiger partial charge in [0.05, 0.1) is 0 Å². The number of nitrogens with zero attached hydrogens (tertiary/aromatic N) is 1. The number of hydrogen-bond donors (Lipinski definition) is 0. The van der Waals surface area contributed by atoms with Gasteiger partial charge in [-0.2, -0.15) is 4.39 Å². The standard InChI is InChI=1S/C7H5F4NO/c8-4-2-1-3-12-7(4)13-6(11)5(9)10/h1-3,5-6H. The molecule has 0 amide bonds. The van der Waals surface area contributed by atoms with Crippen LogP contribution in [0.3, 0.4) is 0 Å². The summed E-state index contributed by atoms with van der Waals surface area (Å²) in [4.78, 5) is 3.23. The molecule has 13 heavy (non-hydrogen) atoms. The average molecular weight is 195 g/mol. The molecule has 0 aliphatic carbocycles. The SMILES string of the molecule is Fc1cccnc1OC(F)C(F)F. The summed E-state index contributed by atoms with van der Waals surface area (Å²) in [5.74, 6) is -1.75. The number of hydrogen-bond acceptors (Lipinski definition) is 2. The largest absolute Gasteiger partial charge is 0.435 e.